The predicted molar refractivity (Wildman–Crippen MR) is 64.9 cm³/mol. The van der Waals surface area contributed by atoms with Gasteiger partial charge in [0.15, 0.2) is 0 Å². The van der Waals surface area contributed by atoms with Gasteiger partial charge in [0.25, 0.3) is 0 Å². The van der Waals surface area contributed by atoms with E-state index in [4.69, 9.17) is 0 Å². The molecule has 0 radical (unpaired) electrons. The second-order valence-corrected chi connectivity index (χ2v) is 5.12. The van der Waals surface area contributed by atoms with Crippen molar-refractivity contribution in [3.63, 3.8) is 0 Å². The predicted octanol–water partition coefficient (Wildman–Crippen LogP) is 3.14. The smallest absolute Gasteiger partial charge is 0.123 e. The minimum absolute atomic E-state index is 0.153. The molecule has 0 bridgehead atoms. The first-order valence-electron chi connectivity index (χ1n) is 6.15. The molecule has 16 heavy (non-hydrogen) atoms. The summed E-state index contributed by atoms with van der Waals surface area (Å²) in [6.45, 7) is 4.48. The molecule has 1 aromatic carbocycles. The van der Waals surface area contributed by atoms with Gasteiger partial charge in [0.1, 0.15) is 5.82 Å². The van der Waals surface area contributed by atoms with Crippen molar-refractivity contribution in [3.05, 3.63) is 35.6 Å². The van der Waals surface area contributed by atoms with Gasteiger partial charge in [0.05, 0.1) is 0 Å². The minimum atomic E-state index is -0.153. The van der Waals surface area contributed by atoms with E-state index in [1.807, 2.05) is 12.1 Å². The van der Waals surface area contributed by atoms with Crippen LogP contribution in [0, 0.1) is 11.7 Å². The molecule has 1 saturated carbocycles. The van der Waals surface area contributed by atoms with Gasteiger partial charge >= 0.3 is 0 Å². The van der Waals surface area contributed by atoms with Crippen molar-refractivity contribution in [2.45, 2.75) is 45.2 Å². The zero-order valence-electron chi connectivity index (χ0n) is 10.0. The van der Waals surface area contributed by atoms with E-state index in [0.29, 0.717) is 12.0 Å². The first kappa shape index (κ1) is 11.6. The highest BCUT2D eigenvalue weighted by atomic mass is 19.1. The molecule has 0 amide bonds. The maximum Gasteiger partial charge on any atom is 0.123 e. The molecule has 0 aliphatic heterocycles. The number of nitrogens with one attached hydrogen (secondary N) is 1. The molecule has 1 atom stereocenters. The first-order chi connectivity index (χ1) is 7.65. The molecule has 1 unspecified atom stereocenters. The summed E-state index contributed by atoms with van der Waals surface area (Å²) in [5.41, 5.74) is 1.22. The Balaban J connectivity index is 1.95. The summed E-state index contributed by atoms with van der Waals surface area (Å²) >= 11 is 0. The fraction of sp³-hybridized carbons (Fsp3) is 0.571. The molecule has 1 aromatic rings. The van der Waals surface area contributed by atoms with E-state index in [-0.39, 0.29) is 5.82 Å². The fourth-order valence-corrected chi connectivity index (χ4v) is 1.91. The van der Waals surface area contributed by atoms with Gasteiger partial charge in [0.2, 0.25) is 0 Å². The van der Waals surface area contributed by atoms with Crippen molar-refractivity contribution in [1.82, 2.24) is 5.32 Å². The van der Waals surface area contributed by atoms with Gasteiger partial charge < -0.3 is 5.32 Å². The molecule has 1 N–H and O–H groups in total. The van der Waals surface area contributed by atoms with Crippen LogP contribution in [0.4, 0.5) is 4.39 Å². The van der Waals surface area contributed by atoms with E-state index in [0.717, 1.165) is 12.5 Å². The maximum absolute atomic E-state index is 12.8. The molecule has 0 spiro atoms. The van der Waals surface area contributed by atoms with Crippen molar-refractivity contribution in [2.75, 3.05) is 0 Å². The summed E-state index contributed by atoms with van der Waals surface area (Å²) in [6, 6.07) is 8.11. The number of halogens is 1. The van der Waals surface area contributed by atoms with Gasteiger partial charge in [-0.1, -0.05) is 26.0 Å². The second-order valence-electron chi connectivity index (χ2n) is 5.12. The molecule has 0 aromatic heterocycles. The Hall–Kier alpha value is -0.890. The van der Waals surface area contributed by atoms with Gasteiger partial charge in [0, 0.05) is 12.1 Å². The third-order valence-electron chi connectivity index (χ3n) is 3.20. The summed E-state index contributed by atoms with van der Waals surface area (Å²) in [5.74, 6) is 0.464. The molecule has 88 valence electrons. The average molecular weight is 221 g/mol. The molecule has 2 rings (SSSR count). The lowest BCUT2D eigenvalue weighted by Gasteiger charge is -2.22. The second kappa shape index (κ2) is 4.96. The van der Waals surface area contributed by atoms with Crippen LogP contribution >= 0.6 is 0 Å². The van der Waals surface area contributed by atoms with E-state index in [9.17, 15) is 4.39 Å². The topological polar surface area (TPSA) is 12.0 Å². The van der Waals surface area contributed by atoms with Crippen molar-refractivity contribution in [2.24, 2.45) is 5.92 Å². The lowest BCUT2D eigenvalue weighted by atomic mass is 9.96. The van der Waals surface area contributed by atoms with Gasteiger partial charge in [-0.25, -0.2) is 4.39 Å². The third kappa shape index (κ3) is 3.31. The lowest BCUT2D eigenvalue weighted by molar-refractivity contribution is 0.394. The Kier molecular flexibility index (Phi) is 3.59. The average Bonchev–Trinajstić information content (AvgIpc) is 3.04. The van der Waals surface area contributed by atoms with E-state index < -0.39 is 0 Å². The van der Waals surface area contributed by atoms with E-state index in [2.05, 4.69) is 19.2 Å². The van der Waals surface area contributed by atoms with Crippen molar-refractivity contribution in [1.29, 1.82) is 0 Å². The fourth-order valence-electron chi connectivity index (χ4n) is 1.91. The van der Waals surface area contributed by atoms with Crippen LogP contribution in [0.2, 0.25) is 0 Å². The lowest BCUT2D eigenvalue weighted by Crippen LogP contribution is -2.37. The molecule has 0 heterocycles. The molecular weight excluding hydrogens is 201 g/mol. The van der Waals surface area contributed by atoms with Crippen LogP contribution in [-0.2, 0) is 6.42 Å². The van der Waals surface area contributed by atoms with Crippen LogP contribution in [0.3, 0.4) is 0 Å². The number of hydrogen-bond acceptors (Lipinski definition) is 1. The first-order valence-corrected chi connectivity index (χ1v) is 6.15. The number of benzene rings is 1. The van der Waals surface area contributed by atoms with Gasteiger partial charge in [-0.2, -0.15) is 0 Å². The third-order valence-corrected chi connectivity index (χ3v) is 3.20. The Morgan fingerprint density at radius 3 is 2.38 bits per heavy atom. The Morgan fingerprint density at radius 1 is 1.25 bits per heavy atom. The van der Waals surface area contributed by atoms with Crippen LogP contribution in [0.1, 0.15) is 32.3 Å². The Bertz CT molecular complexity index is 327. The van der Waals surface area contributed by atoms with Crippen LogP contribution in [0.25, 0.3) is 0 Å². The molecule has 1 aliphatic carbocycles. The zero-order valence-corrected chi connectivity index (χ0v) is 10.0. The summed E-state index contributed by atoms with van der Waals surface area (Å²) in [4.78, 5) is 0. The normalized spacial score (nSPS) is 17.8. The van der Waals surface area contributed by atoms with Gasteiger partial charge in [-0.05, 0) is 42.9 Å². The molecule has 0 saturated heterocycles. The number of hydrogen-bond donors (Lipinski definition) is 1. The minimum Gasteiger partial charge on any atom is -0.311 e. The van der Waals surface area contributed by atoms with Crippen molar-refractivity contribution in [3.8, 4) is 0 Å². The monoisotopic (exact) mass is 221 g/mol. The van der Waals surface area contributed by atoms with E-state index in [1.165, 1.54) is 18.4 Å². The Morgan fingerprint density at radius 2 is 1.88 bits per heavy atom. The highest BCUT2D eigenvalue weighted by molar-refractivity contribution is 5.17. The van der Waals surface area contributed by atoms with Crippen molar-refractivity contribution < 1.29 is 4.39 Å². The highest BCUT2D eigenvalue weighted by Crippen LogP contribution is 2.22. The standard InChI is InChI=1S/C14H20FN/c1-10(2)14(16-13-7-8-13)9-11-3-5-12(15)6-4-11/h3-6,10,13-14,16H,7-9H2,1-2H3. The number of rotatable bonds is 5. The van der Waals surface area contributed by atoms with Crippen LogP contribution in [-0.4, -0.2) is 12.1 Å². The highest BCUT2D eigenvalue weighted by Gasteiger charge is 2.25. The molecule has 1 aliphatic rings. The quantitative estimate of drug-likeness (QED) is 0.805. The van der Waals surface area contributed by atoms with Crippen LogP contribution < -0.4 is 5.32 Å². The zero-order chi connectivity index (χ0) is 11.5. The van der Waals surface area contributed by atoms with E-state index in [1.54, 1.807) is 12.1 Å². The van der Waals surface area contributed by atoms with Gasteiger partial charge in [-0.3, -0.25) is 0 Å². The summed E-state index contributed by atoms with van der Waals surface area (Å²) in [6.07, 6.45) is 3.62. The SMILES string of the molecule is CC(C)C(Cc1ccc(F)cc1)NC1CC1. The van der Waals surface area contributed by atoms with E-state index >= 15 is 0 Å². The van der Waals surface area contributed by atoms with Crippen LogP contribution in [0.15, 0.2) is 24.3 Å². The molecule has 1 fully saturated rings. The van der Waals surface area contributed by atoms with Crippen molar-refractivity contribution >= 4 is 0 Å². The summed E-state index contributed by atoms with van der Waals surface area (Å²) < 4.78 is 12.8. The Labute approximate surface area is 97.1 Å². The summed E-state index contributed by atoms with van der Waals surface area (Å²) in [7, 11) is 0. The van der Waals surface area contributed by atoms with Crippen LogP contribution in [0.5, 0.6) is 0 Å². The maximum atomic E-state index is 12.8. The molecule has 2 heteroatoms. The largest absolute Gasteiger partial charge is 0.311 e. The summed E-state index contributed by atoms with van der Waals surface area (Å²) in [5, 5.41) is 3.66. The molecule has 1 nitrogen and oxygen atoms in total. The molecular formula is C14H20FN. The van der Waals surface area contributed by atoms with Gasteiger partial charge in [-0.15, -0.1) is 0 Å².